The Balaban J connectivity index is 4.05. The van der Waals surface area contributed by atoms with Crippen LogP contribution < -0.4 is 5.32 Å². The summed E-state index contributed by atoms with van der Waals surface area (Å²) in [5, 5.41) is 13.3. The van der Waals surface area contributed by atoms with Crippen LogP contribution in [-0.4, -0.2) is 39.6 Å². The highest BCUT2D eigenvalue weighted by atomic mass is 31.2. The Labute approximate surface area is 265 Å². The van der Waals surface area contributed by atoms with Gasteiger partial charge >= 0.3 is 7.82 Å². The molecule has 1 amide bonds. The van der Waals surface area contributed by atoms with Crippen molar-refractivity contribution in [2.45, 2.75) is 199 Å². The van der Waals surface area contributed by atoms with Crippen LogP contribution in [-0.2, 0) is 13.9 Å². The second-order valence-electron chi connectivity index (χ2n) is 12.5. The summed E-state index contributed by atoms with van der Waals surface area (Å²) in [6.45, 7) is 4.05. The lowest BCUT2D eigenvalue weighted by Gasteiger charge is -2.22. The quantitative estimate of drug-likeness (QED) is 0.0325. The molecule has 0 aliphatic carbocycles. The summed E-state index contributed by atoms with van der Waals surface area (Å²) < 4.78 is 15.8. The van der Waals surface area contributed by atoms with Crippen LogP contribution in [0.25, 0.3) is 0 Å². The maximum atomic E-state index is 12.5. The molecule has 0 spiro atoms. The average molecular weight is 632 g/mol. The number of amides is 1. The van der Waals surface area contributed by atoms with E-state index in [1.807, 2.05) is 6.08 Å². The van der Waals surface area contributed by atoms with Gasteiger partial charge in [-0.15, -0.1) is 0 Å². The number of rotatable bonds is 33. The van der Waals surface area contributed by atoms with Gasteiger partial charge in [0, 0.05) is 6.42 Å². The smallest absolute Gasteiger partial charge is 0.387 e. The number of aliphatic hydroxyl groups excluding tert-OH is 1. The topological polar surface area (TPSA) is 116 Å². The number of carbonyl (C=O) groups excluding carboxylic acids is 1. The molecule has 0 aliphatic rings. The monoisotopic (exact) mass is 631 g/mol. The zero-order chi connectivity index (χ0) is 31.9. The van der Waals surface area contributed by atoms with Crippen LogP contribution >= 0.6 is 7.82 Å². The molecule has 8 heteroatoms. The van der Waals surface area contributed by atoms with E-state index in [2.05, 4.69) is 23.7 Å². The van der Waals surface area contributed by atoms with Crippen molar-refractivity contribution in [3.63, 3.8) is 0 Å². The van der Waals surface area contributed by atoms with Crippen molar-refractivity contribution in [1.29, 1.82) is 0 Å². The SMILES string of the molecule is CCCCCCCCCCCCCC/C=C/[C@@H](O)[C@H](COP(=O)(O)O)NC(=O)CCCCCCCCCCCCCCC. The number of carbonyl (C=O) groups is 1. The first-order valence-corrected chi connectivity index (χ1v) is 19.7. The molecule has 0 aromatic carbocycles. The first kappa shape index (κ1) is 42.3. The fourth-order valence-electron chi connectivity index (χ4n) is 5.46. The summed E-state index contributed by atoms with van der Waals surface area (Å²) in [6, 6.07) is -0.902. The third kappa shape index (κ3) is 32.5. The van der Waals surface area contributed by atoms with Crippen molar-refractivity contribution in [2.24, 2.45) is 0 Å². The summed E-state index contributed by atoms with van der Waals surface area (Å²) in [7, 11) is -4.70. The molecule has 0 aliphatic heterocycles. The normalized spacial score (nSPS) is 13.5. The number of nitrogens with one attached hydrogen (secondary N) is 1. The van der Waals surface area contributed by atoms with Crippen LogP contribution in [0.2, 0.25) is 0 Å². The largest absolute Gasteiger partial charge is 0.469 e. The second-order valence-corrected chi connectivity index (χ2v) is 13.8. The predicted molar refractivity (Wildman–Crippen MR) is 181 cm³/mol. The average Bonchev–Trinajstić information content (AvgIpc) is 2.97. The molecule has 0 aromatic heterocycles. The van der Waals surface area contributed by atoms with Gasteiger partial charge in [0.05, 0.1) is 18.8 Å². The number of hydrogen-bond acceptors (Lipinski definition) is 4. The molecule has 0 saturated carbocycles. The van der Waals surface area contributed by atoms with Gasteiger partial charge in [0.1, 0.15) is 0 Å². The lowest BCUT2D eigenvalue weighted by Crippen LogP contribution is -2.45. The Morgan fingerprint density at radius 3 is 1.42 bits per heavy atom. The summed E-state index contributed by atoms with van der Waals surface area (Å²) in [5.74, 6) is -0.226. The molecule has 0 bridgehead atoms. The van der Waals surface area contributed by atoms with Crippen LogP contribution in [0.4, 0.5) is 0 Å². The minimum atomic E-state index is -4.70. The van der Waals surface area contributed by atoms with E-state index in [1.54, 1.807) is 6.08 Å². The van der Waals surface area contributed by atoms with E-state index in [1.165, 1.54) is 128 Å². The molecule has 0 radical (unpaired) electrons. The fourth-order valence-corrected chi connectivity index (χ4v) is 5.81. The van der Waals surface area contributed by atoms with E-state index in [-0.39, 0.29) is 5.91 Å². The van der Waals surface area contributed by atoms with Gasteiger partial charge in [-0.3, -0.25) is 9.32 Å². The highest BCUT2D eigenvalue weighted by Gasteiger charge is 2.24. The van der Waals surface area contributed by atoms with Gasteiger partial charge in [0.15, 0.2) is 0 Å². The molecule has 7 nitrogen and oxygen atoms in total. The van der Waals surface area contributed by atoms with E-state index in [0.717, 1.165) is 38.5 Å². The molecule has 4 N–H and O–H groups in total. The van der Waals surface area contributed by atoms with E-state index in [0.29, 0.717) is 6.42 Å². The molecule has 43 heavy (non-hydrogen) atoms. The third-order valence-corrected chi connectivity index (χ3v) is 8.73. The van der Waals surface area contributed by atoms with Crippen molar-refractivity contribution in [3.05, 3.63) is 12.2 Å². The molecule has 0 aromatic rings. The number of hydrogen-bond donors (Lipinski definition) is 4. The van der Waals surface area contributed by atoms with Crippen molar-refractivity contribution < 1.29 is 28.8 Å². The van der Waals surface area contributed by atoms with Crippen LogP contribution in [0.1, 0.15) is 187 Å². The number of aliphatic hydroxyl groups is 1. The van der Waals surface area contributed by atoms with Gasteiger partial charge in [-0.1, -0.05) is 174 Å². The van der Waals surface area contributed by atoms with Crippen molar-refractivity contribution in [3.8, 4) is 0 Å². The van der Waals surface area contributed by atoms with Crippen LogP contribution in [0.15, 0.2) is 12.2 Å². The zero-order valence-corrected chi connectivity index (χ0v) is 29.0. The fraction of sp³-hybridized carbons (Fsp3) is 0.914. The van der Waals surface area contributed by atoms with E-state index in [9.17, 15) is 14.5 Å². The van der Waals surface area contributed by atoms with Gasteiger partial charge in [0.25, 0.3) is 0 Å². The molecular weight excluding hydrogens is 561 g/mol. The van der Waals surface area contributed by atoms with Crippen molar-refractivity contribution in [1.82, 2.24) is 5.32 Å². The Morgan fingerprint density at radius 1 is 0.651 bits per heavy atom. The maximum absolute atomic E-state index is 12.5. The van der Waals surface area contributed by atoms with Gasteiger partial charge in [-0.25, -0.2) is 4.57 Å². The van der Waals surface area contributed by atoms with Gasteiger partial charge in [-0.05, 0) is 19.3 Å². The first-order chi connectivity index (χ1) is 20.8. The summed E-state index contributed by atoms with van der Waals surface area (Å²) >= 11 is 0. The second kappa shape index (κ2) is 31.3. The molecule has 0 saturated heterocycles. The Bertz CT molecular complexity index is 683. The van der Waals surface area contributed by atoms with Gasteiger partial charge < -0.3 is 20.2 Å². The number of phosphoric acid groups is 1. The van der Waals surface area contributed by atoms with Crippen molar-refractivity contribution >= 4 is 13.7 Å². The summed E-state index contributed by atoms with van der Waals surface area (Å²) in [6.07, 6.45) is 35.1. The Morgan fingerprint density at radius 2 is 1.02 bits per heavy atom. The lowest BCUT2D eigenvalue weighted by atomic mass is 10.0. The Kier molecular flexibility index (Phi) is 30.7. The molecule has 0 unspecified atom stereocenters. The standard InChI is InChI=1S/C35H70NO6P/c1-3-5-7-9-11-13-15-17-19-20-22-24-26-28-30-34(37)33(32-42-43(39,40)41)36-35(38)31-29-27-25-23-21-18-16-14-12-10-8-6-4-2/h28,30,33-34,37H,3-27,29,31-32H2,1-2H3,(H,36,38)(H2,39,40,41)/b30-28+/t33-,34+/m0/s1. The van der Waals surface area contributed by atoms with Crippen LogP contribution in [0.3, 0.4) is 0 Å². The van der Waals surface area contributed by atoms with Crippen LogP contribution in [0, 0.1) is 0 Å². The zero-order valence-electron chi connectivity index (χ0n) is 28.1. The molecular formula is C35H70NO6P. The highest BCUT2D eigenvalue weighted by Crippen LogP contribution is 2.35. The molecule has 0 rings (SSSR count). The van der Waals surface area contributed by atoms with Gasteiger partial charge in [-0.2, -0.15) is 0 Å². The number of phosphoric ester groups is 1. The minimum Gasteiger partial charge on any atom is -0.387 e. The van der Waals surface area contributed by atoms with E-state index >= 15 is 0 Å². The number of unbranched alkanes of at least 4 members (excludes halogenated alkanes) is 24. The first-order valence-electron chi connectivity index (χ1n) is 18.1. The van der Waals surface area contributed by atoms with Crippen molar-refractivity contribution in [2.75, 3.05) is 6.61 Å². The summed E-state index contributed by atoms with van der Waals surface area (Å²) in [4.78, 5) is 30.7. The van der Waals surface area contributed by atoms with Crippen LogP contribution in [0.5, 0.6) is 0 Å². The van der Waals surface area contributed by atoms with Gasteiger partial charge in [0.2, 0.25) is 5.91 Å². The predicted octanol–water partition coefficient (Wildman–Crippen LogP) is 10.1. The number of allylic oxidation sites excluding steroid dienone is 1. The van der Waals surface area contributed by atoms with E-state index in [4.69, 9.17) is 9.79 Å². The molecule has 2 atom stereocenters. The molecule has 0 heterocycles. The Hall–Kier alpha value is -0.720. The highest BCUT2D eigenvalue weighted by molar-refractivity contribution is 7.46. The lowest BCUT2D eigenvalue weighted by molar-refractivity contribution is -0.123. The molecule has 256 valence electrons. The minimum absolute atomic E-state index is 0.226. The van der Waals surface area contributed by atoms with E-state index < -0.39 is 26.6 Å². The third-order valence-electron chi connectivity index (χ3n) is 8.25. The molecule has 0 fully saturated rings. The summed E-state index contributed by atoms with van der Waals surface area (Å²) in [5.41, 5.74) is 0. The maximum Gasteiger partial charge on any atom is 0.469 e.